The topological polar surface area (TPSA) is 55.1 Å². The van der Waals surface area contributed by atoms with Gasteiger partial charge in [0, 0.05) is 17.7 Å². The van der Waals surface area contributed by atoms with Gasteiger partial charge < -0.3 is 5.32 Å². The summed E-state index contributed by atoms with van der Waals surface area (Å²) in [5.74, 6) is 1.09. The van der Waals surface area contributed by atoms with Crippen LogP contribution in [0.5, 0.6) is 0 Å². The second-order valence-electron chi connectivity index (χ2n) is 5.11. The van der Waals surface area contributed by atoms with E-state index in [2.05, 4.69) is 31.8 Å². The Kier molecular flexibility index (Phi) is 2.99. The molecule has 0 atom stereocenters. The molecular weight excluding hydrogens is 226 g/mol. The van der Waals surface area contributed by atoms with E-state index in [0.717, 1.165) is 37.4 Å². The molecule has 1 aliphatic heterocycles. The first kappa shape index (κ1) is 11.6. The Hall–Kier alpha value is -1.49. The van der Waals surface area contributed by atoms with Gasteiger partial charge in [0.2, 0.25) is 0 Å². The summed E-state index contributed by atoms with van der Waals surface area (Å²) in [6.07, 6.45) is 8.22. The fourth-order valence-electron chi connectivity index (χ4n) is 3.08. The largest absolute Gasteiger partial charge is 0.317 e. The van der Waals surface area contributed by atoms with E-state index < -0.39 is 0 Å². The maximum Gasteiger partial charge on any atom is 0.163 e. The Morgan fingerprint density at radius 3 is 2.94 bits per heavy atom. The predicted octanol–water partition coefficient (Wildman–Crippen LogP) is 1.55. The monoisotopic (exact) mass is 245 g/mol. The summed E-state index contributed by atoms with van der Waals surface area (Å²) in [7, 11) is 0. The number of aromatic nitrogens is 4. The van der Waals surface area contributed by atoms with Crippen molar-refractivity contribution in [2.24, 2.45) is 0 Å². The van der Waals surface area contributed by atoms with Gasteiger partial charge in [-0.1, -0.05) is 13.3 Å². The highest BCUT2D eigenvalue weighted by Gasteiger charge is 2.37. The minimum atomic E-state index is 0.169. The van der Waals surface area contributed by atoms with Crippen LogP contribution in [0.25, 0.3) is 5.65 Å². The van der Waals surface area contributed by atoms with Crippen molar-refractivity contribution in [1.82, 2.24) is 24.9 Å². The molecule has 0 aromatic carbocycles. The molecule has 0 amide bonds. The lowest BCUT2D eigenvalue weighted by atomic mass is 9.74. The van der Waals surface area contributed by atoms with Crippen molar-refractivity contribution in [3.63, 3.8) is 0 Å². The molecule has 1 aliphatic rings. The van der Waals surface area contributed by atoms with Crippen LogP contribution in [0.4, 0.5) is 0 Å². The van der Waals surface area contributed by atoms with Gasteiger partial charge in [-0.05, 0) is 32.4 Å². The maximum absolute atomic E-state index is 4.45. The lowest BCUT2D eigenvalue weighted by Crippen LogP contribution is -2.41. The number of hydrogen-bond acceptors (Lipinski definition) is 4. The SMILES string of the molecule is CCCC1(c2nnc3ccncn23)CCNCC1. The first-order chi connectivity index (χ1) is 8.86. The molecule has 2 aromatic rings. The molecular formula is C13H19N5. The zero-order valence-corrected chi connectivity index (χ0v) is 10.8. The van der Waals surface area contributed by atoms with E-state index in [-0.39, 0.29) is 5.41 Å². The summed E-state index contributed by atoms with van der Waals surface area (Å²) in [5.41, 5.74) is 1.07. The van der Waals surface area contributed by atoms with Gasteiger partial charge in [0.1, 0.15) is 12.2 Å². The maximum atomic E-state index is 4.45. The van der Waals surface area contributed by atoms with E-state index in [1.54, 1.807) is 6.20 Å². The van der Waals surface area contributed by atoms with E-state index in [1.807, 2.05) is 12.4 Å². The van der Waals surface area contributed by atoms with Crippen molar-refractivity contribution in [2.45, 2.75) is 38.0 Å². The average Bonchev–Trinajstić information content (AvgIpc) is 2.84. The second-order valence-corrected chi connectivity index (χ2v) is 5.11. The molecule has 96 valence electrons. The second kappa shape index (κ2) is 4.65. The smallest absolute Gasteiger partial charge is 0.163 e. The number of nitrogens with one attached hydrogen (secondary N) is 1. The van der Waals surface area contributed by atoms with Gasteiger partial charge in [-0.15, -0.1) is 10.2 Å². The van der Waals surface area contributed by atoms with Crippen molar-refractivity contribution in [3.8, 4) is 0 Å². The summed E-state index contributed by atoms with van der Waals surface area (Å²) >= 11 is 0. The lowest BCUT2D eigenvalue weighted by molar-refractivity contribution is 0.268. The fourth-order valence-corrected chi connectivity index (χ4v) is 3.08. The molecule has 2 aromatic heterocycles. The molecule has 5 heteroatoms. The Bertz CT molecular complexity index is 521. The van der Waals surface area contributed by atoms with E-state index in [1.165, 1.54) is 12.8 Å². The Balaban J connectivity index is 2.08. The summed E-state index contributed by atoms with van der Waals surface area (Å²) in [4.78, 5) is 4.20. The molecule has 0 unspecified atom stereocenters. The Morgan fingerprint density at radius 1 is 1.33 bits per heavy atom. The van der Waals surface area contributed by atoms with E-state index >= 15 is 0 Å². The van der Waals surface area contributed by atoms with Gasteiger partial charge >= 0.3 is 0 Å². The summed E-state index contributed by atoms with van der Waals surface area (Å²) in [6.45, 7) is 4.37. The third kappa shape index (κ3) is 1.79. The summed E-state index contributed by atoms with van der Waals surface area (Å²) in [5, 5.41) is 12.2. The first-order valence-corrected chi connectivity index (χ1v) is 6.72. The Morgan fingerprint density at radius 2 is 2.17 bits per heavy atom. The van der Waals surface area contributed by atoms with Crippen LogP contribution in [0.2, 0.25) is 0 Å². The number of nitrogens with zero attached hydrogens (tertiary/aromatic N) is 4. The fraction of sp³-hybridized carbons (Fsp3) is 0.615. The van der Waals surface area contributed by atoms with Crippen molar-refractivity contribution >= 4 is 5.65 Å². The molecule has 18 heavy (non-hydrogen) atoms. The molecule has 0 aliphatic carbocycles. The van der Waals surface area contributed by atoms with Crippen molar-refractivity contribution in [1.29, 1.82) is 0 Å². The number of hydrogen-bond donors (Lipinski definition) is 1. The van der Waals surface area contributed by atoms with Crippen LogP contribution in [0.15, 0.2) is 18.6 Å². The van der Waals surface area contributed by atoms with Gasteiger partial charge in [0.05, 0.1) is 0 Å². The first-order valence-electron chi connectivity index (χ1n) is 6.72. The van der Waals surface area contributed by atoms with Crippen molar-refractivity contribution < 1.29 is 0 Å². The lowest BCUT2D eigenvalue weighted by Gasteiger charge is -2.36. The van der Waals surface area contributed by atoms with E-state index in [9.17, 15) is 0 Å². The molecule has 0 radical (unpaired) electrons. The minimum Gasteiger partial charge on any atom is -0.317 e. The van der Waals surface area contributed by atoms with Crippen LogP contribution in [-0.2, 0) is 5.41 Å². The zero-order valence-electron chi connectivity index (χ0n) is 10.8. The molecule has 1 N–H and O–H groups in total. The van der Waals surface area contributed by atoms with Crippen molar-refractivity contribution in [3.05, 3.63) is 24.4 Å². The zero-order chi connectivity index (χ0) is 12.4. The van der Waals surface area contributed by atoms with Crippen LogP contribution in [-0.4, -0.2) is 32.7 Å². The molecule has 0 bridgehead atoms. The normalized spacial score (nSPS) is 19.2. The molecule has 3 heterocycles. The highest BCUT2D eigenvalue weighted by Crippen LogP contribution is 2.36. The van der Waals surface area contributed by atoms with Gasteiger partial charge in [-0.3, -0.25) is 4.40 Å². The molecule has 1 fully saturated rings. The van der Waals surface area contributed by atoms with E-state index in [4.69, 9.17) is 0 Å². The summed E-state index contributed by atoms with van der Waals surface area (Å²) in [6, 6.07) is 1.91. The molecule has 1 saturated heterocycles. The quantitative estimate of drug-likeness (QED) is 0.891. The molecule has 5 nitrogen and oxygen atoms in total. The highest BCUT2D eigenvalue weighted by atomic mass is 15.3. The third-order valence-electron chi connectivity index (χ3n) is 3.98. The van der Waals surface area contributed by atoms with Crippen LogP contribution in [0, 0.1) is 0 Å². The third-order valence-corrected chi connectivity index (χ3v) is 3.98. The van der Waals surface area contributed by atoms with Crippen molar-refractivity contribution in [2.75, 3.05) is 13.1 Å². The van der Waals surface area contributed by atoms with E-state index in [0.29, 0.717) is 0 Å². The number of piperidine rings is 1. The minimum absolute atomic E-state index is 0.169. The van der Waals surface area contributed by atoms with Crippen LogP contribution < -0.4 is 5.32 Å². The van der Waals surface area contributed by atoms with Gasteiger partial charge in [0.25, 0.3) is 0 Å². The van der Waals surface area contributed by atoms with Gasteiger partial charge in [-0.2, -0.15) is 0 Å². The highest BCUT2D eigenvalue weighted by molar-refractivity contribution is 5.37. The molecule has 3 rings (SSSR count). The molecule has 0 spiro atoms. The van der Waals surface area contributed by atoms with Gasteiger partial charge in [0.15, 0.2) is 5.65 Å². The standard InChI is InChI=1S/C13H19N5/c1-2-4-13(5-8-14-9-6-13)12-17-16-11-3-7-15-10-18(11)12/h3,7,10,14H,2,4-6,8-9H2,1H3. The van der Waals surface area contributed by atoms with Crippen LogP contribution >= 0.6 is 0 Å². The van der Waals surface area contributed by atoms with Gasteiger partial charge in [-0.25, -0.2) is 4.98 Å². The number of rotatable bonds is 3. The number of fused-ring (bicyclic) bond motifs is 1. The Labute approximate surface area is 107 Å². The predicted molar refractivity (Wildman–Crippen MR) is 69.5 cm³/mol. The average molecular weight is 245 g/mol. The van der Waals surface area contributed by atoms with Crippen LogP contribution in [0.1, 0.15) is 38.4 Å². The molecule has 0 saturated carbocycles. The van der Waals surface area contributed by atoms with Crippen LogP contribution in [0.3, 0.4) is 0 Å². The summed E-state index contributed by atoms with van der Waals surface area (Å²) < 4.78 is 2.06.